The number of rotatable bonds is 2. The van der Waals surface area contributed by atoms with Crippen LogP contribution in [0.1, 0.15) is 42.0 Å². The highest BCUT2D eigenvalue weighted by Crippen LogP contribution is 2.35. The van der Waals surface area contributed by atoms with E-state index >= 15 is 0 Å². The van der Waals surface area contributed by atoms with E-state index < -0.39 is 0 Å². The molecule has 0 spiro atoms. The Morgan fingerprint density at radius 3 is 3.05 bits per heavy atom. The molecule has 0 aromatic carbocycles. The first kappa shape index (κ1) is 12.7. The highest BCUT2D eigenvalue weighted by Gasteiger charge is 2.29. The molecule has 2 aliphatic rings. The van der Waals surface area contributed by atoms with Gasteiger partial charge in [-0.1, -0.05) is 0 Å². The van der Waals surface area contributed by atoms with Crippen LogP contribution in [0.25, 0.3) is 0 Å². The summed E-state index contributed by atoms with van der Waals surface area (Å²) in [4.78, 5) is 24.9. The van der Waals surface area contributed by atoms with Gasteiger partial charge in [-0.2, -0.15) is 0 Å². The number of fused-ring (bicyclic) bond motifs is 1. The zero-order chi connectivity index (χ0) is 13.2. The Morgan fingerprint density at radius 2 is 2.26 bits per heavy atom. The van der Waals surface area contributed by atoms with Crippen LogP contribution in [-0.2, 0) is 16.0 Å². The van der Waals surface area contributed by atoms with Crippen LogP contribution in [0.2, 0.25) is 0 Å². The van der Waals surface area contributed by atoms with E-state index in [2.05, 4.69) is 22.1 Å². The zero-order valence-electron chi connectivity index (χ0n) is 10.8. The van der Waals surface area contributed by atoms with Crippen molar-refractivity contribution in [1.29, 1.82) is 0 Å². The summed E-state index contributed by atoms with van der Waals surface area (Å²) in [6.45, 7) is 0.563. The molecular formula is C14H18N2O2S. The van der Waals surface area contributed by atoms with Crippen molar-refractivity contribution in [3.8, 4) is 0 Å². The molecule has 1 aromatic heterocycles. The lowest BCUT2D eigenvalue weighted by molar-refractivity contribution is -0.126. The third-order valence-electron chi connectivity index (χ3n) is 3.98. The molecule has 1 fully saturated rings. The number of hydrogen-bond acceptors (Lipinski definition) is 3. The largest absolute Gasteiger partial charge is 0.354 e. The van der Waals surface area contributed by atoms with Crippen molar-refractivity contribution in [3.63, 3.8) is 0 Å². The molecule has 102 valence electrons. The second-order valence-electron chi connectivity index (χ2n) is 5.29. The van der Waals surface area contributed by atoms with E-state index in [0.717, 1.165) is 25.7 Å². The van der Waals surface area contributed by atoms with Crippen LogP contribution in [0, 0.1) is 0 Å². The summed E-state index contributed by atoms with van der Waals surface area (Å²) in [5.41, 5.74) is 1.22. The fraction of sp³-hybridized carbons (Fsp3) is 0.571. The van der Waals surface area contributed by atoms with Gasteiger partial charge in [0, 0.05) is 23.9 Å². The number of thiophene rings is 1. The van der Waals surface area contributed by atoms with Crippen LogP contribution in [0.15, 0.2) is 11.4 Å². The summed E-state index contributed by atoms with van der Waals surface area (Å²) in [6.07, 6.45) is 4.40. The molecule has 4 nitrogen and oxygen atoms in total. The van der Waals surface area contributed by atoms with E-state index in [0.29, 0.717) is 13.0 Å². The smallest absolute Gasteiger partial charge is 0.227 e. The van der Waals surface area contributed by atoms with Crippen molar-refractivity contribution in [1.82, 2.24) is 10.6 Å². The minimum atomic E-state index is 0.00706. The van der Waals surface area contributed by atoms with Crippen molar-refractivity contribution in [2.75, 3.05) is 6.54 Å². The Morgan fingerprint density at radius 1 is 1.37 bits per heavy atom. The van der Waals surface area contributed by atoms with Gasteiger partial charge in [-0.3, -0.25) is 9.59 Å². The normalized spacial score (nSPS) is 26.4. The number of carbonyl (C=O) groups is 2. The number of piperidine rings is 1. The molecule has 2 unspecified atom stereocenters. The Balaban J connectivity index is 1.64. The minimum absolute atomic E-state index is 0.00706. The lowest BCUT2D eigenvalue weighted by Gasteiger charge is -2.27. The van der Waals surface area contributed by atoms with Crippen molar-refractivity contribution < 1.29 is 9.59 Å². The predicted octanol–water partition coefficient (Wildman–Crippen LogP) is 1.56. The van der Waals surface area contributed by atoms with Crippen molar-refractivity contribution >= 4 is 23.2 Å². The molecule has 5 heteroatoms. The molecular weight excluding hydrogens is 260 g/mol. The summed E-state index contributed by atoms with van der Waals surface area (Å²) in [6, 6.07) is 2.18. The van der Waals surface area contributed by atoms with Gasteiger partial charge >= 0.3 is 0 Å². The van der Waals surface area contributed by atoms with Gasteiger partial charge in [-0.25, -0.2) is 0 Å². The average molecular weight is 278 g/mol. The number of hydrogen-bond donors (Lipinski definition) is 2. The molecule has 0 radical (unpaired) electrons. The predicted molar refractivity (Wildman–Crippen MR) is 74.2 cm³/mol. The molecule has 1 aromatic rings. The number of aryl methyl sites for hydroxylation is 1. The van der Waals surface area contributed by atoms with E-state index in [1.54, 1.807) is 11.3 Å². The highest BCUT2D eigenvalue weighted by atomic mass is 32.1. The Bertz CT molecular complexity index is 487. The van der Waals surface area contributed by atoms with Crippen molar-refractivity contribution in [3.05, 3.63) is 21.9 Å². The number of carbonyl (C=O) groups excluding carboxylic acids is 2. The molecule has 2 atom stereocenters. The summed E-state index contributed by atoms with van der Waals surface area (Å²) in [7, 11) is 0. The second-order valence-corrected chi connectivity index (χ2v) is 6.29. The highest BCUT2D eigenvalue weighted by molar-refractivity contribution is 7.10. The average Bonchev–Trinajstić information content (AvgIpc) is 2.89. The van der Waals surface area contributed by atoms with Gasteiger partial charge < -0.3 is 10.6 Å². The number of amides is 2. The summed E-state index contributed by atoms with van der Waals surface area (Å²) >= 11 is 1.76. The fourth-order valence-electron chi connectivity index (χ4n) is 2.92. The molecule has 1 aliphatic heterocycles. The fourth-order valence-corrected chi connectivity index (χ4v) is 3.90. The Labute approximate surface area is 116 Å². The van der Waals surface area contributed by atoms with Crippen molar-refractivity contribution in [2.45, 2.75) is 44.1 Å². The first-order valence-corrected chi connectivity index (χ1v) is 7.75. The van der Waals surface area contributed by atoms with Gasteiger partial charge in [0.05, 0.1) is 5.92 Å². The molecule has 2 amide bonds. The first-order chi connectivity index (χ1) is 9.24. The van der Waals surface area contributed by atoms with E-state index in [1.165, 1.54) is 10.4 Å². The Hall–Kier alpha value is -1.36. The molecule has 0 saturated carbocycles. The molecule has 2 heterocycles. The molecule has 0 bridgehead atoms. The van der Waals surface area contributed by atoms with Crippen LogP contribution in [0.5, 0.6) is 0 Å². The van der Waals surface area contributed by atoms with Gasteiger partial charge in [0.25, 0.3) is 0 Å². The summed E-state index contributed by atoms with van der Waals surface area (Å²) < 4.78 is 0. The third kappa shape index (κ3) is 2.66. The number of nitrogens with one attached hydrogen (secondary N) is 2. The van der Waals surface area contributed by atoms with Crippen LogP contribution >= 0.6 is 11.3 Å². The maximum absolute atomic E-state index is 12.4. The van der Waals surface area contributed by atoms with Gasteiger partial charge in [0.2, 0.25) is 11.8 Å². The van der Waals surface area contributed by atoms with Crippen LogP contribution in [0.3, 0.4) is 0 Å². The van der Waals surface area contributed by atoms with Crippen LogP contribution < -0.4 is 10.6 Å². The van der Waals surface area contributed by atoms with Gasteiger partial charge in [0.15, 0.2) is 0 Å². The lowest BCUT2D eigenvalue weighted by Crippen LogP contribution is -2.49. The molecule has 19 heavy (non-hydrogen) atoms. The molecule has 1 aliphatic carbocycles. The first-order valence-electron chi connectivity index (χ1n) is 6.87. The summed E-state index contributed by atoms with van der Waals surface area (Å²) in [5, 5.41) is 7.97. The van der Waals surface area contributed by atoms with Crippen molar-refractivity contribution in [2.24, 2.45) is 0 Å². The SMILES string of the molecule is O=C1CCC(NC(=O)C2CCCc3sccc32)CN1. The lowest BCUT2D eigenvalue weighted by atomic mass is 9.87. The summed E-state index contributed by atoms with van der Waals surface area (Å²) in [5.74, 6) is 0.219. The van der Waals surface area contributed by atoms with Crippen LogP contribution in [-0.4, -0.2) is 24.4 Å². The van der Waals surface area contributed by atoms with E-state index in [-0.39, 0.29) is 23.8 Å². The van der Waals surface area contributed by atoms with Gasteiger partial charge in [-0.15, -0.1) is 11.3 Å². The molecule has 2 N–H and O–H groups in total. The van der Waals surface area contributed by atoms with E-state index in [4.69, 9.17) is 0 Å². The monoisotopic (exact) mass is 278 g/mol. The minimum Gasteiger partial charge on any atom is -0.354 e. The Kier molecular flexibility index (Phi) is 3.55. The maximum atomic E-state index is 12.4. The van der Waals surface area contributed by atoms with Gasteiger partial charge in [-0.05, 0) is 42.7 Å². The van der Waals surface area contributed by atoms with E-state index in [1.807, 2.05) is 0 Å². The molecule has 3 rings (SSSR count). The molecule has 1 saturated heterocycles. The van der Waals surface area contributed by atoms with Gasteiger partial charge in [0.1, 0.15) is 0 Å². The zero-order valence-corrected chi connectivity index (χ0v) is 11.6. The van der Waals surface area contributed by atoms with E-state index in [9.17, 15) is 9.59 Å². The van der Waals surface area contributed by atoms with Crippen LogP contribution in [0.4, 0.5) is 0 Å². The quantitative estimate of drug-likeness (QED) is 0.862. The second kappa shape index (κ2) is 5.33. The topological polar surface area (TPSA) is 58.2 Å². The third-order valence-corrected chi connectivity index (χ3v) is 4.98. The maximum Gasteiger partial charge on any atom is 0.227 e. The standard InChI is InChI=1S/C14H18N2O2S/c17-13-5-4-9(8-15-13)16-14(18)11-2-1-3-12-10(11)6-7-19-12/h6-7,9,11H,1-5,8H2,(H,15,17)(H,16,18).